The molecule has 0 bridgehead atoms. The third-order valence-corrected chi connectivity index (χ3v) is 2.60. The van der Waals surface area contributed by atoms with Gasteiger partial charge in [-0.15, -0.1) is 0 Å². The van der Waals surface area contributed by atoms with E-state index in [-0.39, 0.29) is 0 Å². The molecule has 1 heterocycles. The topological polar surface area (TPSA) is 49.9 Å². The second-order valence-electron chi connectivity index (χ2n) is 3.90. The van der Waals surface area contributed by atoms with Crippen molar-refractivity contribution in [1.82, 2.24) is 15.3 Å². The number of aromatic amines is 1. The largest absolute Gasteiger partial charge is 0.494 e. The number of hydrogen-bond donors (Lipinski definition) is 2. The molecule has 0 saturated heterocycles. The molecule has 0 spiro atoms. The van der Waals surface area contributed by atoms with Crippen LogP contribution in [0.1, 0.15) is 19.7 Å². The summed E-state index contributed by atoms with van der Waals surface area (Å²) >= 11 is 0. The van der Waals surface area contributed by atoms with Crippen molar-refractivity contribution in [3.8, 4) is 5.75 Å². The normalized spacial score (nSPS) is 10.9. The van der Waals surface area contributed by atoms with Crippen molar-refractivity contribution in [2.24, 2.45) is 0 Å². The van der Waals surface area contributed by atoms with E-state index in [9.17, 15) is 0 Å². The molecule has 0 atom stereocenters. The van der Waals surface area contributed by atoms with E-state index in [4.69, 9.17) is 4.74 Å². The van der Waals surface area contributed by atoms with E-state index >= 15 is 0 Å². The number of imidazole rings is 1. The van der Waals surface area contributed by atoms with E-state index in [2.05, 4.69) is 22.2 Å². The van der Waals surface area contributed by atoms with Crippen molar-refractivity contribution in [3.05, 3.63) is 24.0 Å². The fourth-order valence-electron chi connectivity index (χ4n) is 1.80. The molecule has 4 nitrogen and oxygen atoms in total. The molecule has 0 amide bonds. The summed E-state index contributed by atoms with van der Waals surface area (Å²) in [5.41, 5.74) is 2.04. The van der Waals surface area contributed by atoms with Crippen LogP contribution in [-0.2, 0) is 6.42 Å². The molecular formula is C13H19N3O. The molecule has 4 heteroatoms. The van der Waals surface area contributed by atoms with Gasteiger partial charge < -0.3 is 15.0 Å². The molecule has 1 aromatic carbocycles. The standard InChI is InChI=1S/C13H19N3O/c1-3-14-8-7-13-15-11-6-5-10(17-4-2)9-12(11)16-13/h5-6,9,14H,3-4,7-8H2,1-2H3,(H,15,16). The van der Waals surface area contributed by atoms with Crippen LogP contribution in [0.4, 0.5) is 0 Å². The molecule has 1 aromatic heterocycles. The number of likely N-dealkylation sites (N-methyl/N-ethyl adjacent to an activating group) is 1. The molecular weight excluding hydrogens is 214 g/mol. The minimum atomic E-state index is 0.687. The van der Waals surface area contributed by atoms with E-state index in [0.29, 0.717) is 6.61 Å². The fraction of sp³-hybridized carbons (Fsp3) is 0.462. The number of ether oxygens (including phenoxy) is 1. The predicted molar refractivity (Wildman–Crippen MR) is 69.5 cm³/mol. The van der Waals surface area contributed by atoms with E-state index in [0.717, 1.165) is 42.1 Å². The summed E-state index contributed by atoms with van der Waals surface area (Å²) in [7, 11) is 0. The van der Waals surface area contributed by atoms with Gasteiger partial charge in [0.15, 0.2) is 0 Å². The van der Waals surface area contributed by atoms with Gasteiger partial charge in [0, 0.05) is 19.0 Å². The highest BCUT2D eigenvalue weighted by molar-refractivity contribution is 5.76. The van der Waals surface area contributed by atoms with Crippen LogP contribution in [0.5, 0.6) is 5.75 Å². The van der Waals surface area contributed by atoms with E-state index in [1.807, 2.05) is 25.1 Å². The molecule has 2 aromatic rings. The lowest BCUT2D eigenvalue weighted by atomic mass is 10.3. The zero-order valence-electron chi connectivity index (χ0n) is 10.4. The van der Waals surface area contributed by atoms with E-state index < -0.39 is 0 Å². The summed E-state index contributed by atoms with van der Waals surface area (Å²) < 4.78 is 5.46. The van der Waals surface area contributed by atoms with Gasteiger partial charge in [-0.05, 0) is 25.6 Å². The van der Waals surface area contributed by atoms with Crippen LogP contribution in [0.25, 0.3) is 11.0 Å². The van der Waals surface area contributed by atoms with E-state index in [1.54, 1.807) is 0 Å². The summed E-state index contributed by atoms with van der Waals surface area (Å²) in [6, 6.07) is 5.96. The van der Waals surface area contributed by atoms with Crippen molar-refractivity contribution < 1.29 is 4.74 Å². The number of nitrogens with zero attached hydrogens (tertiary/aromatic N) is 1. The fourth-order valence-corrected chi connectivity index (χ4v) is 1.80. The number of nitrogens with one attached hydrogen (secondary N) is 2. The zero-order valence-corrected chi connectivity index (χ0v) is 10.4. The first-order valence-corrected chi connectivity index (χ1v) is 6.15. The van der Waals surface area contributed by atoms with Crippen molar-refractivity contribution in [2.75, 3.05) is 19.7 Å². The first-order chi connectivity index (χ1) is 8.33. The summed E-state index contributed by atoms with van der Waals surface area (Å²) in [6.45, 7) is 6.72. The molecule has 0 saturated carbocycles. The van der Waals surface area contributed by atoms with Gasteiger partial charge in [-0.2, -0.15) is 0 Å². The van der Waals surface area contributed by atoms with Gasteiger partial charge in [-0.25, -0.2) is 4.98 Å². The molecule has 0 aliphatic heterocycles. The Kier molecular flexibility index (Phi) is 3.98. The van der Waals surface area contributed by atoms with E-state index in [1.165, 1.54) is 0 Å². The third kappa shape index (κ3) is 2.97. The number of rotatable bonds is 6. The number of hydrogen-bond acceptors (Lipinski definition) is 3. The molecule has 0 aliphatic rings. The highest BCUT2D eigenvalue weighted by Gasteiger charge is 2.03. The van der Waals surface area contributed by atoms with Crippen LogP contribution in [0.2, 0.25) is 0 Å². The smallest absolute Gasteiger partial charge is 0.121 e. The van der Waals surface area contributed by atoms with Gasteiger partial charge in [0.1, 0.15) is 11.6 Å². The second-order valence-corrected chi connectivity index (χ2v) is 3.90. The SMILES string of the molecule is CCNCCc1nc2ccc(OCC)cc2[nH]1. The Morgan fingerprint density at radius 2 is 2.24 bits per heavy atom. The van der Waals surface area contributed by atoms with Gasteiger partial charge in [-0.3, -0.25) is 0 Å². The summed E-state index contributed by atoms with van der Waals surface area (Å²) in [4.78, 5) is 7.86. The Hall–Kier alpha value is -1.55. The van der Waals surface area contributed by atoms with Crippen LogP contribution in [0, 0.1) is 0 Å². The maximum absolute atomic E-state index is 5.46. The Balaban J connectivity index is 2.12. The lowest BCUT2D eigenvalue weighted by Gasteiger charge is -2.00. The molecule has 92 valence electrons. The lowest BCUT2D eigenvalue weighted by molar-refractivity contribution is 0.340. The lowest BCUT2D eigenvalue weighted by Crippen LogP contribution is -2.16. The number of fused-ring (bicyclic) bond motifs is 1. The minimum absolute atomic E-state index is 0.687. The summed E-state index contributed by atoms with van der Waals surface area (Å²) in [5, 5.41) is 3.29. The molecule has 0 aliphatic carbocycles. The van der Waals surface area contributed by atoms with Crippen LogP contribution >= 0.6 is 0 Å². The third-order valence-electron chi connectivity index (χ3n) is 2.60. The van der Waals surface area contributed by atoms with Gasteiger partial charge in [0.25, 0.3) is 0 Å². The maximum Gasteiger partial charge on any atom is 0.121 e. The van der Waals surface area contributed by atoms with Gasteiger partial charge in [0.2, 0.25) is 0 Å². The summed E-state index contributed by atoms with van der Waals surface area (Å²) in [6.07, 6.45) is 0.923. The molecule has 0 fully saturated rings. The second kappa shape index (κ2) is 5.68. The van der Waals surface area contributed by atoms with Crippen LogP contribution in [0.15, 0.2) is 18.2 Å². The molecule has 2 N–H and O–H groups in total. The Bertz CT molecular complexity index is 478. The van der Waals surface area contributed by atoms with Crippen LogP contribution in [-0.4, -0.2) is 29.7 Å². The zero-order chi connectivity index (χ0) is 12.1. The number of benzene rings is 1. The highest BCUT2D eigenvalue weighted by Crippen LogP contribution is 2.19. The average molecular weight is 233 g/mol. The molecule has 0 radical (unpaired) electrons. The molecule has 17 heavy (non-hydrogen) atoms. The van der Waals surface area contributed by atoms with Crippen molar-refractivity contribution in [1.29, 1.82) is 0 Å². The Morgan fingerprint density at radius 1 is 1.35 bits per heavy atom. The van der Waals surface area contributed by atoms with Crippen molar-refractivity contribution in [2.45, 2.75) is 20.3 Å². The Labute approximate surface area is 101 Å². The maximum atomic E-state index is 5.46. The monoisotopic (exact) mass is 233 g/mol. The first kappa shape index (κ1) is 11.9. The Morgan fingerprint density at radius 3 is 3.00 bits per heavy atom. The minimum Gasteiger partial charge on any atom is -0.494 e. The van der Waals surface area contributed by atoms with Crippen LogP contribution in [0.3, 0.4) is 0 Å². The van der Waals surface area contributed by atoms with Crippen LogP contribution < -0.4 is 10.1 Å². The van der Waals surface area contributed by atoms with Gasteiger partial charge >= 0.3 is 0 Å². The summed E-state index contributed by atoms with van der Waals surface area (Å²) in [5.74, 6) is 1.91. The first-order valence-electron chi connectivity index (χ1n) is 6.15. The van der Waals surface area contributed by atoms with Crippen molar-refractivity contribution >= 4 is 11.0 Å². The van der Waals surface area contributed by atoms with Crippen molar-refractivity contribution in [3.63, 3.8) is 0 Å². The highest BCUT2D eigenvalue weighted by atomic mass is 16.5. The molecule has 0 unspecified atom stereocenters. The number of aromatic nitrogens is 2. The quantitative estimate of drug-likeness (QED) is 0.751. The predicted octanol–water partition coefficient (Wildman–Crippen LogP) is 2.11. The number of H-pyrrole nitrogens is 1. The van der Waals surface area contributed by atoms with Gasteiger partial charge in [0.05, 0.1) is 17.6 Å². The average Bonchev–Trinajstić information content (AvgIpc) is 2.72. The molecule has 2 rings (SSSR count). The van der Waals surface area contributed by atoms with Gasteiger partial charge in [-0.1, -0.05) is 6.92 Å².